The summed E-state index contributed by atoms with van der Waals surface area (Å²) in [5.41, 5.74) is 0.537. The second-order valence-electron chi connectivity index (χ2n) is 4.38. The molecule has 13 heavy (non-hydrogen) atoms. The predicted octanol–water partition coefficient (Wildman–Crippen LogP) is 1.93. The topological polar surface area (TPSA) is 37.8 Å². The molecule has 1 saturated carbocycles. The summed E-state index contributed by atoms with van der Waals surface area (Å²) in [5, 5.41) is 11.1. The maximum absolute atomic E-state index is 3.97. The number of anilines is 1. The van der Waals surface area contributed by atoms with Crippen molar-refractivity contribution in [2.24, 2.45) is 11.3 Å². The summed E-state index contributed by atoms with van der Waals surface area (Å²) in [5.74, 6) is 1.68. The van der Waals surface area contributed by atoms with E-state index >= 15 is 0 Å². The predicted molar refractivity (Wildman–Crippen MR) is 52.4 cm³/mol. The minimum atomic E-state index is 0.537. The van der Waals surface area contributed by atoms with Crippen molar-refractivity contribution in [2.45, 2.75) is 20.3 Å². The van der Waals surface area contributed by atoms with Gasteiger partial charge in [0.25, 0.3) is 0 Å². The molecule has 1 aliphatic carbocycles. The largest absolute Gasteiger partial charge is 0.368 e. The lowest BCUT2D eigenvalue weighted by atomic mass is 10.1. The van der Waals surface area contributed by atoms with Crippen molar-refractivity contribution in [3.8, 4) is 0 Å². The van der Waals surface area contributed by atoms with Crippen LogP contribution in [0.15, 0.2) is 18.3 Å². The zero-order chi connectivity index (χ0) is 9.31. The Morgan fingerprint density at radius 1 is 1.62 bits per heavy atom. The first-order valence-electron chi connectivity index (χ1n) is 4.70. The van der Waals surface area contributed by atoms with Crippen LogP contribution in [0.2, 0.25) is 0 Å². The van der Waals surface area contributed by atoms with Gasteiger partial charge in [0, 0.05) is 12.7 Å². The van der Waals surface area contributed by atoms with E-state index in [1.165, 1.54) is 6.42 Å². The molecule has 1 unspecified atom stereocenters. The van der Waals surface area contributed by atoms with E-state index < -0.39 is 0 Å². The second-order valence-corrected chi connectivity index (χ2v) is 4.38. The third-order valence-electron chi connectivity index (χ3n) is 2.82. The molecule has 0 saturated heterocycles. The highest BCUT2D eigenvalue weighted by Crippen LogP contribution is 2.51. The molecule has 0 aromatic carbocycles. The molecule has 1 fully saturated rings. The van der Waals surface area contributed by atoms with E-state index in [-0.39, 0.29) is 0 Å². The van der Waals surface area contributed by atoms with Gasteiger partial charge in [-0.05, 0) is 29.9 Å². The highest BCUT2D eigenvalue weighted by Gasteiger charge is 2.44. The SMILES string of the molecule is CC1(C)CC1CNc1cccnn1. The van der Waals surface area contributed by atoms with Gasteiger partial charge >= 0.3 is 0 Å². The smallest absolute Gasteiger partial charge is 0.148 e. The van der Waals surface area contributed by atoms with Crippen LogP contribution >= 0.6 is 0 Å². The Morgan fingerprint density at radius 2 is 2.38 bits per heavy atom. The van der Waals surface area contributed by atoms with Crippen LogP contribution in [0.5, 0.6) is 0 Å². The summed E-state index contributed by atoms with van der Waals surface area (Å²) >= 11 is 0. The number of rotatable bonds is 3. The van der Waals surface area contributed by atoms with Crippen molar-refractivity contribution in [1.82, 2.24) is 10.2 Å². The second kappa shape index (κ2) is 2.98. The van der Waals surface area contributed by atoms with Crippen LogP contribution in [0.4, 0.5) is 5.82 Å². The summed E-state index contributed by atoms with van der Waals surface area (Å²) in [6.07, 6.45) is 3.01. The molecule has 70 valence electrons. The normalized spacial score (nSPS) is 24.0. The molecular weight excluding hydrogens is 162 g/mol. The van der Waals surface area contributed by atoms with Crippen LogP contribution in [0.25, 0.3) is 0 Å². The molecule has 1 aromatic heterocycles. The molecule has 3 heteroatoms. The van der Waals surface area contributed by atoms with Gasteiger partial charge in [0.1, 0.15) is 5.82 Å². The van der Waals surface area contributed by atoms with E-state index in [0.29, 0.717) is 5.41 Å². The van der Waals surface area contributed by atoms with Gasteiger partial charge in [-0.2, -0.15) is 5.10 Å². The maximum Gasteiger partial charge on any atom is 0.148 e. The lowest BCUT2D eigenvalue weighted by Crippen LogP contribution is -2.08. The molecule has 1 heterocycles. The van der Waals surface area contributed by atoms with Gasteiger partial charge in [0.2, 0.25) is 0 Å². The van der Waals surface area contributed by atoms with Crippen molar-refractivity contribution in [2.75, 3.05) is 11.9 Å². The molecule has 2 rings (SSSR count). The first-order chi connectivity index (χ1) is 6.18. The average Bonchev–Trinajstić information content (AvgIpc) is 2.73. The molecule has 0 radical (unpaired) electrons. The summed E-state index contributed by atoms with van der Waals surface area (Å²) in [6, 6.07) is 3.84. The first kappa shape index (κ1) is 8.48. The molecule has 1 aliphatic rings. The fourth-order valence-electron chi connectivity index (χ4n) is 1.55. The lowest BCUT2D eigenvalue weighted by Gasteiger charge is -2.05. The Hall–Kier alpha value is -1.12. The highest BCUT2D eigenvalue weighted by atomic mass is 15.2. The monoisotopic (exact) mass is 177 g/mol. The van der Waals surface area contributed by atoms with Crippen LogP contribution in [0, 0.1) is 11.3 Å². The van der Waals surface area contributed by atoms with Gasteiger partial charge in [-0.25, -0.2) is 0 Å². The fraction of sp³-hybridized carbons (Fsp3) is 0.600. The number of hydrogen-bond acceptors (Lipinski definition) is 3. The van der Waals surface area contributed by atoms with Crippen molar-refractivity contribution in [3.63, 3.8) is 0 Å². The quantitative estimate of drug-likeness (QED) is 0.766. The molecular formula is C10H15N3. The summed E-state index contributed by atoms with van der Waals surface area (Å²) in [7, 11) is 0. The third-order valence-corrected chi connectivity index (χ3v) is 2.82. The van der Waals surface area contributed by atoms with Crippen LogP contribution in [-0.2, 0) is 0 Å². The van der Waals surface area contributed by atoms with Crippen molar-refractivity contribution in [1.29, 1.82) is 0 Å². The van der Waals surface area contributed by atoms with Gasteiger partial charge in [0.05, 0.1) is 0 Å². The van der Waals surface area contributed by atoms with Crippen LogP contribution in [0.3, 0.4) is 0 Å². The molecule has 1 atom stereocenters. The van der Waals surface area contributed by atoms with Crippen LogP contribution in [0.1, 0.15) is 20.3 Å². The summed E-state index contributed by atoms with van der Waals surface area (Å²) < 4.78 is 0. The number of hydrogen-bond donors (Lipinski definition) is 1. The van der Waals surface area contributed by atoms with Gasteiger partial charge in [-0.15, -0.1) is 5.10 Å². The molecule has 0 amide bonds. The van der Waals surface area contributed by atoms with E-state index in [1.807, 2.05) is 12.1 Å². The Morgan fingerprint density at radius 3 is 2.92 bits per heavy atom. The third kappa shape index (κ3) is 1.97. The van der Waals surface area contributed by atoms with E-state index in [2.05, 4.69) is 29.4 Å². The van der Waals surface area contributed by atoms with E-state index in [9.17, 15) is 0 Å². The zero-order valence-electron chi connectivity index (χ0n) is 8.12. The van der Waals surface area contributed by atoms with Crippen LogP contribution in [-0.4, -0.2) is 16.7 Å². The minimum Gasteiger partial charge on any atom is -0.368 e. The van der Waals surface area contributed by atoms with E-state index in [1.54, 1.807) is 6.20 Å². The zero-order valence-corrected chi connectivity index (χ0v) is 8.12. The Labute approximate surface area is 78.6 Å². The Bertz CT molecular complexity index is 281. The Kier molecular flexibility index (Phi) is 1.94. The van der Waals surface area contributed by atoms with Crippen LogP contribution < -0.4 is 5.32 Å². The van der Waals surface area contributed by atoms with Crippen molar-refractivity contribution < 1.29 is 0 Å². The molecule has 0 aliphatic heterocycles. The fourth-order valence-corrected chi connectivity index (χ4v) is 1.55. The molecule has 0 bridgehead atoms. The summed E-state index contributed by atoms with van der Waals surface area (Å²) in [4.78, 5) is 0. The van der Waals surface area contributed by atoms with Gasteiger partial charge in [-0.1, -0.05) is 13.8 Å². The molecule has 3 nitrogen and oxygen atoms in total. The molecule has 1 N–H and O–H groups in total. The number of nitrogens with zero attached hydrogens (tertiary/aromatic N) is 2. The van der Waals surface area contributed by atoms with Gasteiger partial charge < -0.3 is 5.32 Å². The molecule has 1 aromatic rings. The average molecular weight is 177 g/mol. The lowest BCUT2D eigenvalue weighted by molar-refractivity contribution is 0.572. The highest BCUT2D eigenvalue weighted by molar-refractivity contribution is 5.32. The molecule has 0 spiro atoms. The number of nitrogens with one attached hydrogen (secondary N) is 1. The summed E-state index contributed by atoms with van der Waals surface area (Å²) in [6.45, 7) is 5.62. The number of aromatic nitrogens is 2. The maximum atomic E-state index is 3.97. The minimum absolute atomic E-state index is 0.537. The van der Waals surface area contributed by atoms with Crippen molar-refractivity contribution in [3.05, 3.63) is 18.3 Å². The van der Waals surface area contributed by atoms with E-state index in [4.69, 9.17) is 0 Å². The van der Waals surface area contributed by atoms with E-state index in [0.717, 1.165) is 18.3 Å². The Balaban J connectivity index is 1.82. The van der Waals surface area contributed by atoms with Gasteiger partial charge in [-0.3, -0.25) is 0 Å². The standard InChI is InChI=1S/C10H15N3/c1-10(2)6-8(10)7-11-9-4-3-5-12-13-9/h3-5,8H,6-7H2,1-2H3,(H,11,13). The van der Waals surface area contributed by atoms with Crippen molar-refractivity contribution >= 4 is 5.82 Å². The van der Waals surface area contributed by atoms with Gasteiger partial charge in [0.15, 0.2) is 0 Å². The first-order valence-corrected chi connectivity index (χ1v) is 4.70.